The molecule has 0 unspecified atom stereocenters. The molecule has 0 aromatic carbocycles. The summed E-state index contributed by atoms with van der Waals surface area (Å²) in [5.41, 5.74) is 11.2. The number of pyridine rings is 1. The Labute approximate surface area is 75.7 Å². The van der Waals surface area contributed by atoms with Crippen LogP contribution in [0.25, 0.3) is 0 Å². The van der Waals surface area contributed by atoms with Crippen molar-refractivity contribution in [2.45, 2.75) is 0 Å². The maximum atomic E-state index is 5.31. The summed E-state index contributed by atoms with van der Waals surface area (Å²) in [4.78, 5) is 3.73. The van der Waals surface area contributed by atoms with E-state index in [1.165, 1.54) is 6.20 Å². The van der Waals surface area contributed by atoms with Crippen molar-refractivity contribution in [2.24, 2.45) is 0 Å². The van der Waals surface area contributed by atoms with E-state index in [1.54, 1.807) is 12.1 Å². The van der Waals surface area contributed by atoms with Crippen LogP contribution < -0.4 is 11.5 Å². The van der Waals surface area contributed by atoms with Crippen molar-refractivity contribution in [1.82, 2.24) is 4.98 Å². The summed E-state index contributed by atoms with van der Waals surface area (Å²) in [6.07, 6.45) is 1.52. The summed E-state index contributed by atoms with van der Waals surface area (Å²) < 4.78 is 0. The molecule has 3 nitrogen and oxygen atoms in total. The van der Waals surface area contributed by atoms with Gasteiger partial charge in [0.2, 0.25) is 0 Å². The fraction of sp³-hybridized carbons (Fsp3) is 0. The third-order valence-electron chi connectivity index (χ3n) is 0.809. The molecular weight excluding hydrogens is 125 g/mol. The van der Waals surface area contributed by atoms with Gasteiger partial charge in [0, 0.05) is 0 Å². The molecule has 0 fully saturated rings. The number of rotatable bonds is 0. The Morgan fingerprint density at radius 2 is 1.89 bits per heavy atom. The monoisotopic (exact) mass is 133 g/mol. The Hall–Kier alpha value is -0.250. The minimum absolute atomic E-state index is 0. The van der Waals surface area contributed by atoms with E-state index in [9.17, 15) is 0 Å². The van der Waals surface area contributed by atoms with Crippen molar-refractivity contribution < 1.29 is 0 Å². The summed E-state index contributed by atoms with van der Waals surface area (Å²) in [5.74, 6) is 0.499. The quantitative estimate of drug-likeness (QED) is 0.473. The number of nitrogens with two attached hydrogens (primary N) is 2. The van der Waals surface area contributed by atoms with Crippen LogP contribution in [0.1, 0.15) is 0 Å². The van der Waals surface area contributed by atoms with Gasteiger partial charge in [0.05, 0.1) is 11.9 Å². The standard InChI is InChI=1S/C5H7N3.Na.H/c6-4-1-2-5(7)8-3-4;;/h1-3H,6H2,(H2,7,8);;. The number of nitrogens with zero attached hydrogens (tertiary/aromatic N) is 1. The van der Waals surface area contributed by atoms with Gasteiger partial charge in [0.25, 0.3) is 0 Å². The summed E-state index contributed by atoms with van der Waals surface area (Å²) in [6.45, 7) is 0. The molecule has 0 bridgehead atoms. The van der Waals surface area contributed by atoms with Crippen molar-refractivity contribution in [3.63, 3.8) is 0 Å². The van der Waals surface area contributed by atoms with Crippen molar-refractivity contribution >= 4 is 41.1 Å². The molecule has 0 atom stereocenters. The SMILES string of the molecule is Nc1ccc(N)nc1.[NaH]. The molecule has 0 saturated carbocycles. The first-order valence-electron chi connectivity index (χ1n) is 2.26. The number of anilines is 2. The maximum absolute atomic E-state index is 5.31. The molecule has 0 aliphatic carbocycles. The molecule has 1 aromatic rings. The zero-order valence-electron chi connectivity index (χ0n) is 4.33. The molecule has 0 aliphatic rings. The molecule has 44 valence electrons. The van der Waals surface area contributed by atoms with Crippen LogP contribution in [0.2, 0.25) is 0 Å². The van der Waals surface area contributed by atoms with Crippen LogP contribution in [0.4, 0.5) is 11.5 Å². The predicted octanol–water partition coefficient (Wildman–Crippen LogP) is -0.402. The predicted molar refractivity (Wildman–Crippen MR) is 40.2 cm³/mol. The normalized spacial score (nSPS) is 8.00. The van der Waals surface area contributed by atoms with Gasteiger partial charge in [-0.3, -0.25) is 0 Å². The van der Waals surface area contributed by atoms with Gasteiger partial charge in [-0.2, -0.15) is 0 Å². The summed E-state index contributed by atoms with van der Waals surface area (Å²) >= 11 is 0. The first-order chi connectivity index (χ1) is 3.79. The molecule has 0 spiro atoms. The van der Waals surface area contributed by atoms with Crippen molar-refractivity contribution in [3.05, 3.63) is 18.3 Å². The molecule has 1 rings (SSSR count). The minimum atomic E-state index is 0. The zero-order valence-corrected chi connectivity index (χ0v) is 4.33. The Bertz CT molecular complexity index is 151. The van der Waals surface area contributed by atoms with Gasteiger partial charge in [0.15, 0.2) is 0 Å². The van der Waals surface area contributed by atoms with E-state index in [4.69, 9.17) is 11.5 Å². The second kappa shape index (κ2) is 3.71. The molecule has 1 heterocycles. The second-order valence-corrected chi connectivity index (χ2v) is 1.52. The molecule has 1 aromatic heterocycles. The fourth-order valence-corrected chi connectivity index (χ4v) is 0.417. The summed E-state index contributed by atoms with van der Waals surface area (Å²) in [7, 11) is 0. The van der Waals surface area contributed by atoms with Crippen LogP contribution in [0.3, 0.4) is 0 Å². The first kappa shape index (κ1) is 8.75. The van der Waals surface area contributed by atoms with Crippen molar-refractivity contribution in [3.8, 4) is 0 Å². The third kappa shape index (κ3) is 2.70. The van der Waals surface area contributed by atoms with E-state index in [0.717, 1.165) is 0 Å². The van der Waals surface area contributed by atoms with E-state index in [0.29, 0.717) is 11.5 Å². The molecule has 0 aliphatic heterocycles. The molecular formula is C5H8N3Na. The molecule has 0 amide bonds. The van der Waals surface area contributed by atoms with Crippen LogP contribution in [0.15, 0.2) is 18.3 Å². The molecule has 4 N–H and O–H groups in total. The number of hydrogen-bond acceptors (Lipinski definition) is 3. The summed E-state index contributed by atoms with van der Waals surface area (Å²) in [6, 6.07) is 3.37. The Balaban J connectivity index is 0.000000640. The van der Waals surface area contributed by atoms with Gasteiger partial charge in [-0.1, -0.05) is 0 Å². The number of aromatic nitrogens is 1. The Morgan fingerprint density at radius 1 is 1.22 bits per heavy atom. The Morgan fingerprint density at radius 3 is 2.22 bits per heavy atom. The van der Waals surface area contributed by atoms with Gasteiger partial charge < -0.3 is 11.5 Å². The van der Waals surface area contributed by atoms with Gasteiger partial charge >= 0.3 is 29.6 Å². The van der Waals surface area contributed by atoms with E-state index in [2.05, 4.69) is 4.98 Å². The van der Waals surface area contributed by atoms with Gasteiger partial charge in [-0.05, 0) is 12.1 Å². The van der Waals surface area contributed by atoms with E-state index in [1.807, 2.05) is 0 Å². The number of hydrogen-bond donors (Lipinski definition) is 2. The number of nitrogen functional groups attached to an aromatic ring is 2. The van der Waals surface area contributed by atoms with Crippen LogP contribution >= 0.6 is 0 Å². The third-order valence-corrected chi connectivity index (χ3v) is 0.809. The summed E-state index contributed by atoms with van der Waals surface area (Å²) in [5, 5.41) is 0. The van der Waals surface area contributed by atoms with E-state index >= 15 is 0 Å². The molecule has 9 heavy (non-hydrogen) atoms. The van der Waals surface area contributed by atoms with Gasteiger partial charge in [-0.25, -0.2) is 4.98 Å². The molecule has 4 heteroatoms. The average Bonchev–Trinajstić information content (AvgIpc) is 1.77. The van der Waals surface area contributed by atoms with Crippen LogP contribution in [0, 0.1) is 0 Å². The fourth-order valence-electron chi connectivity index (χ4n) is 0.417. The van der Waals surface area contributed by atoms with Gasteiger partial charge in [-0.15, -0.1) is 0 Å². The van der Waals surface area contributed by atoms with Crippen LogP contribution in [-0.4, -0.2) is 34.5 Å². The Kier molecular flexibility index (Phi) is 3.61. The van der Waals surface area contributed by atoms with Crippen LogP contribution in [-0.2, 0) is 0 Å². The van der Waals surface area contributed by atoms with E-state index < -0.39 is 0 Å². The zero-order chi connectivity index (χ0) is 5.98. The van der Waals surface area contributed by atoms with E-state index in [-0.39, 0.29) is 29.6 Å². The average molecular weight is 133 g/mol. The molecule has 0 radical (unpaired) electrons. The second-order valence-electron chi connectivity index (χ2n) is 1.52. The van der Waals surface area contributed by atoms with Crippen molar-refractivity contribution in [1.29, 1.82) is 0 Å². The van der Waals surface area contributed by atoms with Crippen LogP contribution in [0.5, 0.6) is 0 Å². The van der Waals surface area contributed by atoms with Crippen molar-refractivity contribution in [2.75, 3.05) is 11.5 Å². The first-order valence-corrected chi connectivity index (χ1v) is 2.26. The molecule has 0 saturated heterocycles. The van der Waals surface area contributed by atoms with Gasteiger partial charge in [0.1, 0.15) is 5.82 Å². The topological polar surface area (TPSA) is 64.9 Å².